The summed E-state index contributed by atoms with van der Waals surface area (Å²) in [6.45, 7) is 9.99. The van der Waals surface area contributed by atoms with Gasteiger partial charge in [-0.1, -0.05) is 13.0 Å². The number of rotatable bonds is 4. The molecule has 1 aliphatic heterocycles. The molecule has 4 heteroatoms. The molecule has 0 amide bonds. The predicted octanol–water partition coefficient (Wildman–Crippen LogP) is 3.34. The fraction of sp³-hybridized carbons (Fsp3) is 0.471. The number of nitrogens with zero attached hydrogens (tertiary/aromatic N) is 3. The Bertz CT molecular complexity index is 571. The van der Waals surface area contributed by atoms with E-state index in [9.17, 15) is 0 Å². The van der Waals surface area contributed by atoms with Gasteiger partial charge in [0.2, 0.25) is 0 Å². The van der Waals surface area contributed by atoms with E-state index in [4.69, 9.17) is 0 Å². The summed E-state index contributed by atoms with van der Waals surface area (Å²) >= 11 is 1.89. The van der Waals surface area contributed by atoms with E-state index in [-0.39, 0.29) is 0 Å². The lowest BCUT2D eigenvalue weighted by molar-refractivity contribution is 0.249. The molecule has 2 aromatic rings. The zero-order valence-electron chi connectivity index (χ0n) is 12.9. The fourth-order valence-corrected chi connectivity index (χ4v) is 4.01. The molecule has 0 aromatic carbocycles. The number of hydrogen-bond donors (Lipinski definition) is 0. The molecule has 0 unspecified atom stereocenters. The van der Waals surface area contributed by atoms with E-state index in [2.05, 4.69) is 46.1 Å². The second-order valence-corrected chi connectivity index (χ2v) is 6.68. The largest absolute Gasteiger partial charge is 0.354 e. The van der Waals surface area contributed by atoms with E-state index in [1.165, 1.54) is 10.4 Å². The second-order valence-electron chi connectivity index (χ2n) is 5.60. The van der Waals surface area contributed by atoms with Gasteiger partial charge in [0.05, 0.1) is 0 Å². The molecular formula is C17H23N3S. The maximum absolute atomic E-state index is 4.45. The number of pyridine rings is 1. The highest BCUT2D eigenvalue weighted by Gasteiger charge is 2.19. The van der Waals surface area contributed by atoms with Crippen LogP contribution in [0, 0.1) is 6.92 Å². The van der Waals surface area contributed by atoms with Gasteiger partial charge in [-0.05, 0) is 42.0 Å². The van der Waals surface area contributed by atoms with Gasteiger partial charge in [0.1, 0.15) is 5.82 Å². The number of aromatic nitrogens is 1. The molecule has 0 spiro atoms. The van der Waals surface area contributed by atoms with Crippen molar-refractivity contribution in [2.24, 2.45) is 0 Å². The predicted molar refractivity (Wildman–Crippen MR) is 90.2 cm³/mol. The van der Waals surface area contributed by atoms with Crippen molar-refractivity contribution in [1.29, 1.82) is 0 Å². The smallest absolute Gasteiger partial charge is 0.128 e. The molecule has 112 valence electrons. The normalized spacial score (nSPS) is 16.4. The summed E-state index contributed by atoms with van der Waals surface area (Å²) in [5, 5.41) is 2.35. The van der Waals surface area contributed by atoms with Gasteiger partial charge in [0.15, 0.2) is 0 Å². The van der Waals surface area contributed by atoms with Gasteiger partial charge >= 0.3 is 0 Å². The summed E-state index contributed by atoms with van der Waals surface area (Å²) in [5.74, 6) is 1.11. The highest BCUT2D eigenvalue weighted by molar-refractivity contribution is 7.10. The van der Waals surface area contributed by atoms with Crippen molar-refractivity contribution >= 4 is 17.2 Å². The van der Waals surface area contributed by atoms with E-state index < -0.39 is 0 Å². The van der Waals surface area contributed by atoms with Crippen LogP contribution in [-0.2, 0) is 13.0 Å². The van der Waals surface area contributed by atoms with Crippen LogP contribution < -0.4 is 4.90 Å². The quantitative estimate of drug-likeness (QED) is 0.863. The first-order chi connectivity index (χ1) is 10.3. The van der Waals surface area contributed by atoms with Crippen LogP contribution in [0.4, 0.5) is 5.82 Å². The van der Waals surface area contributed by atoms with Crippen LogP contribution in [0.15, 0.2) is 29.8 Å². The Balaban J connectivity index is 1.59. The molecule has 3 rings (SSSR count). The Kier molecular flexibility index (Phi) is 4.56. The third kappa shape index (κ3) is 3.27. The van der Waals surface area contributed by atoms with E-state index in [1.54, 1.807) is 5.56 Å². The SMILES string of the molecule is CCc1c(CN2CCN(c3ccccn3)CC2)csc1C. The van der Waals surface area contributed by atoms with E-state index in [0.717, 1.165) is 45.0 Å². The van der Waals surface area contributed by atoms with Crippen LogP contribution in [0.25, 0.3) is 0 Å². The van der Waals surface area contributed by atoms with Gasteiger partial charge in [-0.25, -0.2) is 4.98 Å². The first-order valence-corrected chi connectivity index (χ1v) is 8.60. The van der Waals surface area contributed by atoms with Gasteiger partial charge in [-0.15, -0.1) is 11.3 Å². The topological polar surface area (TPSA) is 19.4 Å². The van der Waals surface area contributed by atoms with Crippen molar-refractivity contribution in [2.75, 3.05) is 31.1 Å². The summed E-state index contributed by atoms with van der Waals surface area (Å²) in [7, 11) is 0. The monoisotopic (exact) mass is 301 g/mol. The third-order valence-corrected chi connectivity index (χ3v) is 5.29. The summed E-state index contributed by atoms with van der Waals surface area (Å²) in [6.07, 6.45) is 3.03. The van der Waals surface area contributed by atoms with E-state index >= 15 is 0 Å². The van der Waals surface area contributed by atoms with Gasteiger partial charge in [0, 0.05) is 43.8 Å². The number of aryl methyl sites for hydroxylation is 1. The molecule has 0 radical (unpaired) electrons. The van der Waals surface area contributed by atoms with Crippen molar-refractivity contribution in [3.8, 4) is 0 Å². The average Bonchev–Trinajstić information content (AvgIpc) is 2.89. The number of thiophene rings is 1. The molecule has 1 saturated heterocycles. The van der Waals surface area contributed by atoms with Crippen molar-refractivity contribution in [1.82, 2.24) is 9.88 Å². The van der Waals surface area contributed by atoms with Gasteiger partial charge in [-0.3, -0.25) is 4.90 Å². The zero-order valence-corrected chi connectivity index (χ0v) is 13.7. The molecule has 21 heavy (non-hydrogen) atoms. The second kappa shape index (κ2) is 6.58. The molecule has 3 heterocycles. The summed E-state index contributed by atoms with van der Waals surface area (Å²) in [5.41, 5.74) is 3.10. The van der Waals surface area contributed by atoms with Crippen LogP contribution in [0.2, 0.25) is 0 Å². The molecule has 0 N–H and O–H groups in total. The molecule has 1 fully saturated rings. The molecular weight excluding hydrogens is 278 g/mol. The van der Waals surface area contributed by atoms with Gasteiger partial charge < -0.3 is 4.90 Å². The van der Waals surface area contributed by atoms with Crippen LogP contribution in [0.1, 0.15) is 22.9 Å². The summed E-state index contributed by atoms with van der Waals surface area (Å²) < 4.78 is 0. The van der Waals surface area contributed by atoms with Gasteiger partial charge in [0.25, 0.3) is 0 Å². The molecule has 0 bridgehead atoms. The first kappa shape index (κ1) is 14.5. The maximum atomic E-state index is 4.45. The Labute approximate surface area is 131 Å². The Morgan fingerprint density at radius 2 is 2.00 bits per heavy atom. The molecule has 0 aliphatic carbocycles. The van der Waals surface area contributed by atoms with Crippen molar-refractivity contribution in [2.45, 2.75) is 26.8 Å². The highest BCUT2D eigenvalue weighted by Crippen LogP contribution is 2.24. The van der Waals surface area contributed by atoms with Crippen LogP contribution in [0.5, 0.6) is 0 Å². The fourth-order valence-electron chi connectivity index (χ4n) is 3.05. The van der Waals surface area contributed by atoms with Crippen molar-refractivity contribution < 1.29 is 0 Å². The van der Waals surface area contributed by atoms with Crippen LogP contribution in [0.3, 0.4) is 0 Å². The minimum atomic E-state index is 1.07. The number of hydrogen-bond acceptors (Lipinski definition) is 4. The maximum Gasteiger partial charge on any atom is 0.128 e. The zero-order chi connectivity index (χ0) is 14.7. The van der Waals surface area contributed by atoms with Gasteiger partial charge in [-0.2, -0.15) is 0 Å². The van der Waals surface area contributed by atoms with Crippen molar-refractivity contribution in [3.05, 3.63) is 45.8 Å². The standard InChI is InChI=1S/C17H23N3S/c1-3-16-14(2)21-13-15(16)12-19-8-10-20(11-9-19)17-6-4-5-7-18-17/h4-7,13H,3,8-12H2,1-2H3. The number of piperazine rings is 1. The Morgan fingerprint density at radius 1 is 1.19 bits per heavy atom. The summed E-state index contributed by atoms with van der Waals surface area (Å²) in [4.78, 5) is 10.9. The van der Waals surface area contributed by atoms with Crippen molar-refractivity contribution in [3.63, 3.8) is 0 Å². The molecule has 1 aliphatic rings. The Morgan fingerprint density at radius 3 is 2.67 bits per heavy atom. The lowest BCUT2D eigenvalue weighted by Gasteiger charge is -2.35. The lowest BCUT2D eigenvalue weighted by atomic mass is 10.1. The van der Waals surface area contributed by atoms with E-state index in [0.29, 0.717) is 0 Å². The van der Waals surface area contributed by atoms with E-state index in [1.807, 2.05) is 23.6 Å². The molecule has 2 aromatic heterocycles. The average molecular weight is 301 g/mol. The number of anilines is 1. The lowest BCUT2D eigenvalue weighted by Crippen LogP contribution is -2.46. The minimum Gasteiger partial charge on any atom is -0.354 e. The summed E-state index contributed by atoms with van der Waals surface area (Å²) in [6, 6.07) is 6.15. The first-order valence-electron chi connectivity index (χ1n) is 7.72. The van der Waals surface area contributed by atoms with Crippen LogP contribution in [-0.4, -0.2) is 36.1 Å². The highest BCUT2D eigenvalue weighted by atomic mass is 32.1. The third-order valence-electron chi connectivity index (χ3n) is 4.28. The van der Waals surface area contributed by atoms with Crippen LogP contribution >= 0.6 is 11.3 Å². The molecule has 0 atom stereocenters. The molecule has 3 nitrogen and oxygen atoms in total. The molecule has 0 saturated carbocycles. The minimum absolute atomic E-state index is 1.07. The Hall–Kier alpha value is -1.39.